The van der Waals surface area contributed by atoms with Crippen molar-refractivity contribution < 1.29 is 14.0 Å². The average Bonchev–Trinajstić information content (AvgIpc) is 3.50. The first-order chi connectivity index (χ1) is 17.0. The number of aryl methyl sites for hydroxylation is 2. The zero-order chi connectivity index (χ0) is 24.6. The van der Waals surface area contributed by atoms with Gasteiger partial charge in [0.1, 0.15) is 11.6 Å². The predicted molar refractivity (Wildman–Crippen MR) is 135 cm³/mol. The Morgan fingerprint density at radius 2 is 1.89 bits per heavy atom. The molecular formula is C26H27N5O3S. The van der Waals surface area contributed by atoms with Crippen LogP contribution in [0.2, 0.25) is 0 Å². The van der Waals surface area contributed by atoms with Crippen molar-refractivity contribution in [2.75, 3.05) is 10.7 Å². The summed E-state index contributed by atoms with van der Waals surface area (Å²) in [4.78, 5) is 26.5. The monoisotopic (exact) mass is 489 g/mol. The molecule has 2 aromatic heterocycles. The Hall–Kier alpha value is -3.85. The van der Waals surface area contributed by atoms with Crippen LogP contribution in [0, 0.1) is 6.92 Å². The van der Waals surface area contributed by atoms with Gasteiger partial charge in [0.15, 0.2) is 5.16 Å². The van der Waals surface area contributed by atoms with Crippen molar-refractivity contribution in [3.8, 4) is 0 Å². The Morgan fingerprint density at radius 3 is 2.60 bits per heavy atom. The van der Waals surface area contributed by atoms with Gasteiger partial charge < -0.3 is 15.1 Å². The molecule has 0 atom stereocenters. The number of carbonyl (C=O) groups is 2. The summed E-state index contributed by atoms with van der Waals surface area (Å²) in [5, 5.41) is 9.12. The smallest absolute Gasteiger partial charge is 0.237 e. The van der Waals surface area contributed by atoms with Gasteiger partial charge in [0, 0.05) is 18.5 Å². The van der Waals surface area contributed by atoms with Crippen molar-refractivity contribution in [3.63, 3.8) is 0 Å². The summed E-state index contributed by atoms with van der Waals surface area (Å²) in [7, 11) is 0. The van der Waals surface area contributed by atoms with Crippen molar-refractivity contribution in [1.82, 2.24) is 14.8 Å². The topological polar surface area (TPSA) is 107 Å². The van der Waals surface area contributed by atoms with Crippen LogP contribution in [-0.4, -0.2) is 32.3 Å². The Labute approximate surface area is 208 Å². The first-order valence-corrected chi connectivity index (χ1v) is 12.2. The van der Waals surface area contributed by atoms with Crippen molar-refractivity contribution in [3.05, 3.63) is 95.7 Å². The maximum absolute atomic E-state index is 13.5. The molecule has 0 unspecified atom stereocenters. The van der Waals surface area contributed by atoms with Gasteiger partial charge >= 0.3 is 0 Å². The number of furan rings is 1. The lowest BCUT2D eigenvalue weighted by Gasteiger charge is -2.23. The second kappa shape index (κ2) is 11.5. The summed E-state index contributed by atoms with van der Waals surface area (Å²) in [6, 6.07) is 21.5. The third-order valence-corrected chi connectivity index (χ3v) is 6.36. The van der Waals surface area contributed by atoms with E-state index in [2.05, 4.69) is 10.2 Å². The van der Waals surface area contributed by atoms with Crippen LogP contribution in [0.1, 0.15) is 29.1 Å². The molecule has 2 amide bonds. The number of thioether (sulfide) groups is 1. The van der Waals surface area contributed by atoms with E-state index in [0.29, 0.717) is 30.5 Å². The Bertz CT molecular complexity index is 1270. The van der Waals surface area contributed by atoms with E-state index in [0.717, 1.165) is 22.6 Å². The van der Waals surface area contributed by atoms with Crippen molar-refractivity contribution in [1.29, 1.82) is 0 Å². The summed E-state index contributed by atoms with van der Waals surface area (Å²) in [6.07, 6.45) is 2.13. The summed E-state index contributed by atoms with van der Waals surface area (Å²) in [5.74, 6) is 1.07. The SMILES string of the molecule is Cc1cccc(N(Cc2ccccc2)C(=O)CSc2nnc(CCC(N)=O)n2Cc2ccco2)c1. The number of aromatic nitrogens is 3. The molecule has 9 heteroatoms. The number of rotatable bonds is 11. The molecule has 0 spiro atoms. The maximum Gasteiger partial charge on any atom is 0.237 e. The van der Waals surface area contributed by atoms with Gasteiger partial charge in [-0.15, -0.1) is 10.2 Å². The summed E-state index contributed by atoms with van der Waals surface area (Å²) in [5.41, 5.74) is 8.30. The van der Waals surface area contributed by atoms with E-state index in [4.69, 9.17) is 10.2 Å². The lowest BCUT2D eigenvalue weighted by atomic mass is 10.1. The second-order valence-electron chi connectivity index (χ2n) is 8.12. The average molecular weight is 490 g/mol. The van der Waals surface area contributed by atoms with Crippen LogP contribution in [0.3, 0.4) is 0 Å². The van der Waals surface area contributed by atoms with Crippen molar-refractivity contribution in [2.45, 2.75) is 38.0 Å². The fourth-order valence-electron chi connectivity index (χ4n) is 3.65. The Balaban J connectivity index is 1.54. The number of benzene rings is 2. The number of hydrogen-bond donors (Lipinski definition) is 1. The van der Waals surface area contributed by atoms with E-state index in [-0.39, 0.29) is 18.1 Å². The van der Waals surface area contributed by atoms with Gasteiger partial charge in [-0.2, -0.15) is 0 Å². The van der Waals surface area contributed by atoms with E-state index >= 15 is 0 Å². The number of nitrogens with zero attached hydrogens (tertiary/aromatic N) is 4. The van der Waals surface area contributed by atoms with Gasteiger partial charge in [-0.3, -0.25) is 14.2 Å². The molecule has 180 valence electrons. The van der Waals surface area contributed by atoms with Crippen LogP contribution in [0.25, 0.3) is 0 Å². The maximum atomic E-state index is 13.5. The van der Waals surface area contributed by atoms with Crippen LogP contribution in [0.15, 0.2) is 82.6 Å². The highest BCUT2D eigenvalue weighted by atomic mass is 32.2. The normalized spacial score (nSPS) is 10.9. The molecule has 0 aliphatic carbocycles. The molecule has 8 nitrogen and oxygen atoms in total. The molecule has 2 heterocycles. The standard InChI is InChI=1S/C26H27N5O3S/c1-19-7-5-10-21(15-19)30(16-20-8-3-2-4-9-20)25(33)18-35-26-29-28-24(13-12-23(27)32)31(26)17-22-11-6-14-34-22/h2-11,14-15H,12-13,16-18H2,1H3,(H2,27,32). The number of amides is 2. The van der Waals surface area contributed by atoms with Crippen LogP contribution >= 0.6 is 11.8 Å². The van der Waals surface area contributed by atoms with Crippen LogP contribution in [0.5, 0.6) is 0 Å². The van der Waals surface area contributed by atoms with Crippen LogP contribution < -0.4 is 10.6 Å². The van der Waals surface area contributed by atoms with Gasteiger partial charge in [0.05, 0.1) is 25.1 Å². The molecule has 0 saturated carbocycles. The fourth-order valence-corrected chi connectivity index (χ4v) is 4.49. The first-order valence-electron chi connectivity index (χ1n) is 11.3. The zero-order valence-electron chi connectivity index (χ0n) is 19.5. The fraction of sp³-hybridized carbons (Fsp3) is 0.231. The molecule has 0 aliphatic heterocycles. The van der Waals surface area contributed by atoms with E-state index in [1.165, 1.54) is 11.8 Å². The highest BCUT2D eigenvalue weighted by Gasteiger charge is 2.20. The molecule has 0 fully saturated rings. The van der Waals surface area contributed by atoms with Gasteiger partial charge in [-0.25, -0.2) is 0 Å². The van der Waals surface area contributed by atoms with Gasteiger partial charge in [-0.05, 0) is 42.3 Å². The second-order valence-corrected chi connectivity index (χ2v) is 9.07. The summed E-state index contributed by atoms with van der Waals surface area (Å²) >= 11 is 1.31. The predicted octanol–water partition coefficient (Wildman–Crippen LogP) is 3.97. The van der Waals surface area contributed by atoms with Crippen molar-refractivity contribution >= 4 is 29.3 Å². The van der Waals surface area contributed by atoms with Gasteiger partial charge in [0.25, 0.3) is 0 Å². The lowest BCUT2D eigenvalue weighted by molar-refractivity contribution is -0.118. The number of primary amides is 1. The van der Waals surface area contributed by atoms with Crippen LogP contribution in [-0.2, 0) is 29.1 Å². The molecule has 2 aromatic carbocycles. The number of anilines is 1. The highest BCUT2D eigenvalue weighted by molar-refractivity contribution is 7.99. The van der Waals surface area contributed by atoms with Gasteiger partial charge in [0.2, 0.25) is 11.8 Å². The largest absolute Gasteiger partial charge is 0.467 e. The minimum Gasteiger partial charge on any atom is -0.467 e. The summed E-state index contributed by atoms with van der Waals surface area (Å²) < 4.78 is 7.36. The number of hydrogen-bond acceptors (Lipinski definition) is 6. The molecule has 0 aliphatic rings. The molecule has 2 N–H and O–H groups in total. The van der Waals surface area contributed by atoms with E-state index < -0.39 is 5.91 Å². The third kappa shape index (κ3) is 6.60. The Morgan fingerprint density at radius 1 is 1.06 bits per heavy atom. The third-order valence-electron chi connectivity index (χ3n) is 5.41. The number of nitrogens with two attached hydrogens (primary N) is 1. The number of carbonyl (C=O) groups excluding carboxylic acids is 2. The van der Waals surface area contributed by atoms with Gasteiger partial charge in [-0.1, -0.05) is 54.2 Å². The molecule has 0 saturated heterocycles. The quantitative estimate of drug-likeness (QED) is 0.320. The minimum atomic E-state index is -0.406. The van der Waals surface area contributed by atoms with E-state index in [1.54, 1.807) is 11.2 Å². The molecule has 35 heavy (non-hydrogen) atoms. The van der Waals surface area contributed by atoms with Crippen molar-refractivity contribution in [2.24, 2.45) is 5.73 Å². The van der Waals surface area contributed by atoms with Crippen LogP contribution in [0.4, 0.5) is 5.69 Å². The molecule has 4 rings (SSSR count). The molecule has 4 aromatic rings. The molecular weight excluding hydrogens is 462 g/mol. The van der Waals surface area contributed by atoms with E-state index in [9.17, 15) is 9.59 Å². The molecule has 0 radical (unpaired) electrons. The highest BCUT2D eigenvalue weighted by Crippen LogP contribution is 2.24. The molecule has 0 bridgehead atoms. The minimum absolute atomic E-state index is 0.0457. The lowest BCUT2D eigenvalue weighted by Crippen LogP contribution is -2.32. The Kier molecular flexibility index (Phi) is 7.99. The zero-order valence-corrected chi connectivity index (χ0v) is 20.3. The first kappa shape index (κ1) is 24.3. The van der Waals surface area contributed by atoms with E-state index in [1.807, 2.05) is 78.2 Å². The summed E-state index contributed by atoms with van der Waals surface area (Å²) in [6.45, 7) is 2.87.